The van der Waals surface area contributed by atoms with Gasteiger partial charge in [0, 0.05) is 0 Å². The van der Waals surface area contributed by atoms with Crippen molar-refractivity contribution in [2.45, 2.75) is 46.8 Å². The van der Waals surface area contributed by atoms with Crippen LogP contribution in [-0.4, -0.2) is 32.5 Å². The third-order valence-corrected chi connectivity index (χ3v) is 4.73. The molecule has 30 heavy (non-hydrogen) atoms. The lowest BCUT2D eigenvalue weighted by molar-refractivity contribution is -0.158. The van der Waals surface area contributed by atoms with Gasteiger partial charge in [0.25, 0.3) is 0 Å². The van der Waals surface area contributed by atoms with Gasteiger partial charge in [-0.2, -0.15) is 9.78 Å². The monoisotopic (exact) mass is 409 g/mol. The second-order valence-corrected chi connectivity index (χ2v) is 7.68. The van der Waals surface area contributed by atoms with E-state index in [4.69, 9.17) is 9.47 Å². The Morgan fingerprint density at radius 2 is 1.73 bits per heavy atom. The van der Waals surface area contributed by atoms with E-state index in [-0.39, 0.29) is 5.69 Å². The van der Waals surface area contributed by atoms with Crippen LogP contribution in [0.3, 0.4) is 0 Å². The predicted octanol–water partition coefficient (Wildman–Crippen LogP) is 3.42. The van der Waals surface area contributed by atoms with Crippen molar-refractivity contribution in [1.29, 1.82) is 0 Å². The number of hydrogen-bond donors (Lipinski definition) is 0. The first kappa shape index (κ1) is 21.4. The van der Waals surface area contributed by atoms with E-state index in [1.807, 2.05) is 56.3 Å². The first-order valence-corrected chi connectivity index (χ1v) is 9.89. The SMILES string of the molecule is CCOC(=O)C(C)(C)Oc1c(C)cc(Cn2cnn(-c3ccccc3)c2=O)cc1C. The Morgan fingerprint density at radius 1 is 1.10 bits per heavy atom. The largest absolute Gasteiger partial charge is 0.476 e. The maximum Gasteiger partial charge on any atom is 0.350 e. The van der Waals surface area contributed by atoms with Gasteiger partial charge in [-0.25, -0.2) is 9.59 Å². The molecule has 3 rings (SSSR count). The summed E-state index contributed by atoms with van der Waals surface area (Å²) < 4.78 is 14.0. The first-order valence-electron chi connectivity index (χ1n) is 9.89. The Morgan fingerprint density at radius 3 is 2.33 bits per heavy atom. The van der Waals surface area contributed by atoms with Crippen molar-refractivity contribution in [3.8, 4) is 11.4 Å². The Bertz CT molecular complexity index is 1070. The Labute approximate surface area is 175 Å². The maximum atomic E-state index is 12.7. The molecule has 2 aromatic carbocycles. The van der Waals surface area contributed by atoms with Crippen molar-refractivity contribution in [2.24, 2.45) is 0 Å². The molecule has 0 spiro atoms. The number of esters is 1. The highest BCUT2D eigenvalue weighted by molar-refractivity contribution is 5.79. The lowest BCUT2D eigenvalue weighted by Crippen LogP contribution is -2.40. The van der Waals surface area contributed by atoms with Crippen molar-refractivity contribution >= 4 is 5.97 Å². The minimum Gasteiger partial charge on any atom is -0.476 e. The minimum atomic E-state index is -1.10. The number of para-hydroxylation sites is 1. The van der Waals surface area contributed by atoms with E-state index < -0.39 is 11.6 Å². The predicted molar refractivity (Wildman–Crippen MR) is 114 cm³/mol. The standard InChI is InChI=1S/C23H27N3O4/c1-6-29-21(27)23(4,5)30-20-16(2)12-18(13-17(20)3)14-25-15-24-26(22(25)28)19-10-8-7-9-11-19/h7-13,15H,6,14H2,1-5H3. The summed E-state index contributed by atoms with van der Waals surface area (Å²) in [5.74, 6) is 0.233. The van der Waals surface area contributed by atoms with Crippen LogP contribution in [0.1, 0.15) is 37.5 Å². The second kappa shape index (κ2) is 8.57. The number of carbonyl (C=O) groups is 1. The molecular weight excluding hydrogens is 382 g/mol. The van der Waals surface area contributed by atoms with E-state index in [0.717, 1.165) is 22.4 Å². The van der Waals surface area contributed by atoms with Crippen LogP contribution in [0.15, 0.2) is 53.6 Å². The van der Waals surface area contributed by atoms with Gasteiger partial charge in [0.1, 0.15) is 12.1 Å². The molecule has 7 nitrogen and oxygen atoms in total. The highest BCUT2D eigenvalue weighted by atomic mass is 16.6. The molecule has 1 heterocycles. The number of rotatable bonds is 7. The fraction of sp³-hybridized carbons (Fsp3) is 0.348. The van der Waals surface area contributed by atoms with Gasteiger partial charge in [-0.05, 0) is 63.4 Å². The van der Waals surface area contributed by atoms with Crippen LogP contribution in [0.2, 0.25) is 0 Å². The molecule has 0 N–H and O–H groups in total. The van der Waals surface area contributed by atoms with Crippen LogP contribution in [-0.2, 0) is 16.1 Å². The summed E-state index contributed by atoms with van der Waals surface area (Å²) in [6.07, 6.45) is 1.54. The van der Waals surface area contributed by atoms with Crippen LogP contribution >= 0.6 is 0 Å². The van der Waals surface area contributed by atoms with Gasteiger partial charge in [-0.1, -0.05) is 30.3 Å². The van der Waals surface area contributed by atoms with E-state index in [9.17, 15) is 9.59 Å². The van der Waals surface area contributed by atoms with Gasteiger partial charge in [0.15, 0.2) is 5.60 Å². The molecular formula is C23H27N3O4. The summed E-state index contributed by atoms with van der Waals surface area (Å²) in [6.45, 7) is 9.67. The zero-order valence-electron chi connectivity index (χ0n) is 18.0. The molecule has 7 heteroatoms. The fourth-order valence-corrected chi connectivity index (χ4v) is 3.28. The number of hydrogen-bond acceptors (Lipinski definition) is 5. The average molecular weight is 409 g/mol. The maximum absolute atomic E-state index is 12.7. The number of aryl methyl sites for hydroxylation is 2. The highest BCUT2D eigenvalue weighted by Gasteiger charge is 2.32. The second-order valence-electron chi connectivity index (χ2n) is 7.68. The summed E-state index contributed by atoms with van der Waals surface area (Å²) in [4.78, 5) is 24.9. The molecule has 0 saturated carbocycles. The van der Waals surface area contributed by atoms with Gasteiger partial charge in [0.2, 0.25) is 0 Å². The third-order valence-electron chi connectivity index (χ3n) is 4.73. The zero-order valence-corrected chi connectivity index (χ0v) is 18.0. The lowest BCUT2D eigenvalue weighted by Gasteiger charge is -2.26. The fourth-order valence-electron chi connectivity index (χ4n) is 3.28. The third kappa shape index (κ3) is 4.45. The van der Waals surface area contributed by atoms with E-state index >= 15 is 0 Å². The quantitative estimate of drug-likeness (QED) is 0.559. The van der Waals surface area contributed by atoms with Crippen molar-refractivity contribution < 1.29 is 14.3 Å². The number of nitrogens with zero attached hydrogens (tertiary/aromatic N) is 3. The Hall–Kier alpha value is -3.35. The topological polar surface area (TPSA) is 75.3 Å². The molecule has 0 bridgehead atoms. The summed E-state index contributed by atoms with van der Waals surface area (Å²) in [7, 11) is 0. The van der Waals surface area contributed by atoms with Gasteiger partial charge < -0.3 is 9.47 Å². The lowest BCUT2D eigenvalue weighted by atomic mass is 10.0. The molecule has 0 amide bonds. The van der Waals surface area contributed by atoms with Crippen molar-refractivity contribution in [3.63, 3.8) is 0 Å². The summed E-state index contributed by atoms with van der Waals surface area (Å²) in [5.41, 5.74) is 2.12. The molecule has 158 valence electrons. The molecule has 0 fully saturated rings. The van der Waals surface area contributed by atoms with Crippen LogP contribution in [0.4, 0.5) is 0 Å². The first-order chi connectivity index (χ1) is 14.2. The highest BCUT2D eigenvalue weighted by Crippen LogP contribution is 2.29. The molecule has 0 saturated heterocycles. The van der Waals surface area contributed by atoms with E-state index in [1.165, 1.54) is 11.0 Å². The van der Waals surface area contributed by atoms with E-state index in [0.29, 0.717) is 18.9 Å². The van der Waals surface area contributed by atoms with Gasteiger partial charge in [-0.3, -0.25) is 4.57 Å². The van der Waals surface area contributed by atoms with E-state index in [1.54, 1.807) is 25.3 Å². The van der Waals surface area contributed by atoms with Crippen LogP contribution < -0.4 is 10.4 Å². The van der Waals surface area contributed by atoms with Crippen molar-refractivity contribution in [3.05, 3.63) is 76.0 Å². The number of aromatic nitrogens is 3. The number of ether oxygens (including phenoxy) is 2. The van der Waals surface area contributed by atoms with Crippen LogP contribution in [0.25, 0.3) is 5.69 Å². The molecule has 3 aromatic rings. The molecule has 0 unspecified atom stereocenters. The molecule has 0 aliphatic rings. The molecule has 0 aliphatic heterocycles. The number of benzene rings is 2. The normalized spacial score (nSPS) is 11.4. The molecule has 1 aromatic heterocycles. The van der Waals surface area contributed by atoms with Crippen LogP contribution in [0.5, 0.6) is 5.75 Å². The van der Waals surface area contributed by atoms with Gasteiger partial charge >= 0.3 is 11.7 Å². The van der Waals surface area contributed by atoms with Crippen molar-refractivity contribution in [2.75, 3.05) is 6.61 Å². The Kier molecular flexibility index (Phi) is 6.10. The molecule has 0 aliphatic carbocycles. The molecule has 0 radical (unpaired) electrons. The minimum absolute atomic E-state index is 0.208. The number of carbonyl (C=O) groups excluding carboxylic acids is 1. The van der Waals surface area contributed by atoms with E-state index in [2.05, 4.69) is 5.10 Å². The summed E-state index contributed by atoms with van der Waals surface area (Å²) >= 11 is 0. The average Bonchev–Trinajstić information content (AvgIpc) is 3.06. The van der Waals surface area contributed by atoms with Gasteiger partial charge in [0.05, 0.1) is 18.8 Å². The summed E-state index contributed by atoms with van der Waals surface area (Å²) in [5, 5.41) is 4.22. The van der Waals surface area contributed by atoms with Crippen molar-refractivity contribution in [1.82, 2.24) is 14.3 Å². The Balaban J connectivity index is 1.84. The van der Waals surface area contributed by atoms with Gasteiger partial charge in [-0.15, -0.1) is 0 Å². The summed E-state index contributed by atoms with van der Waals surface area (Å²) in [6, 6.07) is 13.2. The van der Waals surface area contributed by atoms with Crippen LogP contribution in [0, 0.1) is 13.8 Å². The smallest absolute Gasteiger partial charge is 0.350 e. The molecule has 0 atom stereocenters. The zero-order chi connectivity index (χ0) is 21.9.